The van der Waals surface area contributed by atoms with Crippen molar-refractivity contribution in [2.24, 2.45) is 0 Å². The third-order valence-electron chi connectivity index (χ3n) is 4.39. The lowest BCUT2D eigenvalue weighted by Crippen LogP contribution is -2.53. The Hall–Kier alpha value is -2.13. The predicted molar refractivity (Wildman–Crippen MR) is 92.8 cm³/mol. The number of anilines is 1. The molecule has 1 aromatic rings. The van der Waals surface area contributed by atoms with Crippen molar-refractivity contribution in [1.82, 2.24) is 14.5 Å². The number of benzene rings is 1. The van der Waals surface area contributed by atoms with Crippen LogP contribution in [0.25, 0.3) is 0 Å². The highest BCUT2D eigenvalue weighted by Crippen LogP contribution is 2.27. The minimum Gasteiger partial charge on any atom is -0.338 e. The molecule has 0 aliphatic carbocycles. The van der Waals surface area contributed by atoms with Gasteiger partial charge in [-0.05, 0) is 30.2 Å². The molecule has 25 heavy (non-hydrogen) atoms. The topological polar surface area (TPSA) is 98.8 Å². The minimum absolute atomic E-state index is 0.128. The molecule has 2 aliphatic rings. The zero-order chi connectivity index (χ0) is 18.0. The molecule has 9 heteroatoms. The summed E-state index contributed by atoms with van der Waals surface area (Å²) in [6.07, 6.45) is 1.06. The maximum Gasteiger partial charge on any atom is 0.317 e. The number of carbonyl (C=O) groups excluding carboxylic acids is 2. The summed E-state index contributed by atoms with van der Waals surface area (Å²) >= 11 is 0. The van der Waals surface area contributed by atoms with Gasteiger partial charge in [0.2, 0.25) is 15.9 Å². The van der Waals surface area contributed by atoms with Crippen LogP contribution < -0.4 is 10.6 Å². The van der Waals surface area contributed by atoms with Crippen LogP contribution in [0.4, 0.5) is 10.5 Å². The van der Waals surface area contributed by atoms with Gasteiger partial charge in [-0.2, -0.15) is 4.31 Å². The number of urea groups is 1. The van der Waals surface area contributed by atoms with E-state index < -0.39 is 10.0 Å². The molecule has 1 aromatic carbocycles. The SMILES string of the molecule is CCCNC(=O)N1CCN(S(=O)(=O)c2ccc3c(c2)CC(=O)N3)CC1. The van der Waals surface area contributed by atoms with Gasteiger partial charge in [0.1, 0.15) is 0 Å². The molecule has 8 nitrogen and oxygen atoms in total. The molecule has 3 rings (SSSR count). The van der Waals surface area contributed by atoms with Crippen molar-refractivity contribution in [2.75, 3.05) is 38.0 Å². The first-order valence-electron chi connectivity index (χ1n) is 8.37. The van der Waals surface area contributed by atoms with Crippen LogP contribution in [0.1, 0.15) is 18.9 Å². The average molecular weight is 366 g/mol. The smallest absolute Gasteiger partial charge is 0.317 e. The Morgan fingerprint density at radius 2 is 1.96 bits per heavy atom. The Morgan fingerprint density at radius 1 is 1.24 bits per heavy atom. The third-order valence-corrected chi connectivity index (χ3v) is 6.29. The molecule has 136 valence electrons. The number of fused-ring (bicyclic) bond motifs is 1. The van der Waals surface area contributed by atoms with Crippen molar-refractivity contribution in [3.8, 4) is 0 Å². The molecular formula is C16H22N4O4S. The molecular weight excluding hydrogens is 344 g/mol. The Balaban J connectivity index is 1.67. The number of nitrogens with zero attached hydrogens (tertiary/aromatic N) is 2. The van der Waals surface area contributed by atoms with E-state index in [0.29, 0.717) is 30.9 Å². The lowest BCUT2D eigenvalue weighted by molar-refractivity contribution is -0.115. The molecule has 1 fully saturated rings. The number of sulfonamides is 1. The first-order valence-corrected chi connectivity index (χ1v) is 9.81. The van der Waals surface area contributed by atoms with E-state index in [4.69, 9.17) is 0 Å². The fraction of sp³-hybridized carbons (Fsp3) is 0.500. The fourth-order valence-electron chi connectivity index (χ4n) is 2.99. The van der Waals surface area contributed by atoms with E-state index in [2.05, 4.69) is 10.6 Å². The number of rotatable bonds is 4. The first kappa shape index (κ1) is 17.7. The standard InChI is InChI=1S/C16H22N4O4S/c1-2-5-17-16(22)19-6-8-20(9-7-19)25(23,24)13-3-4-14-12(10-13)11-15(21)18-14/h3-4,10H,2,5-9,11H2,1H3,(H,17,22)(H,18,21). The summed E-state index contributed by atoms with van der Waals surface area (Å²) in [6.45, 7) is 3.83. The predicted octanol–water partition coefficient (Wildman–Crippen LogP) is 0.607. The van der Waals surface area contributed by atoms with Gasteiger partial charge in [-0.15, -0.1) is 0 Å². The van der Waals surface area contributed by atoms with E-state index in [1.165, 1.54) is 10.4 Å². The number of carbonyl (C=O) groups is 2. The highest BCUT2D eigenvalue weighted by atomic mass is 32.2. The van der Waals surface area contributed by atoms with Crippen molar-refractivity contribution < 1.29 is 18.0 Å². The summed E-state index contributed by atoms with van der Waals surface area (Å²) in [5.74, 6) is -0.128. The van der Waals surface area contributed by atoms with Gasteiger partial charge in [-0.25, -0.2) is 13.2 Å². The van der Waals surface area contributed by atoms with Crippen LogP contribution in [-0.4, -0.2) is 62.3 Å². The second-order valence-electron chi connectivity index (χ2n) is 6.17. The zero-order valence-corrected chi connectivity index (χ0v) is 14.9. The number of hydrogen-bond acceptors (Lipinski definition) is 4. The Kier molecular flexibility index (Phi) is 4.96. The van der Waals surface area contributed by atoms with Gasteiger partial charge in [0.25, 0.3) is 0 Å². The van der Waals surface area contributed by atoms with Gasteiger partial charge in [-0.1, -0.05) is 6.92 Å². The van der Waals surface area contributed by atoms with Crippen LogP contribution in [0.2, 0.25) is 0 Å². The average Bonchev–Trinajstić information content (AvgIpc) is 2.98. The quantitative estimate of drug-likeness (QED) is 0.815. The molecule has 0 bridgehead atoms. The van der Waals surface area contributed by atoms with Crippen molar-refractivity contribution in [1.29, 1.82) is 0 Å². The van der Waals surface area contributed by atoms with Crippen molar-refractivity contribution >= 4 is 27.6 Å². The summed E-state index contributed by atoms with van der Waals surface area (Å²) in [6, 6.07) is 4.55. The lowest BCUT2D eigenvalue weighted by atomic mass is 10.2. The molecule has 0 unspecified atom stereocenters. The number of amides is 3. The van der Waals surface area contributed by atoms with Gasteiger partial charge in [-0.3, -0.25) is 4.79 Å². The molecule has 0 spiro atoms. The highest BCUT2D eigenvalue weighted by Gasteiger charge is 2.31. The number of hydrogen-bond donors (Lipinski definition) is 2. The first-order chi connectivity index (χ1) is 11.9. The number of piperazine rings is 1. The van der Waals surface area contributed by atoms with Gasteiger partial charge in [0.15, 0.2) is 0 Å². The van der Waals surface area contributed by atoms with E-state index in [1.807, 2.05) is 6.92 Å². The molecule has 1 saturated heterocycles. The Labute approximate surface area is 147 Å². The molecule has 0 saturated carbocycles. The van der Waals surface area contributed by atoms with E-state index in [0.717, 1.165) is 6.42 Å². The maximum atomic E-state index is 12.8. The largest absolute Gasteiger partial charge is 0.338 e. The second kappa shape index (κ2) is 7.01. The van der Waals surface area contributed by atoms with E-state index in [-0.39, 0.29) is 36.3 Å². The van der Waals surface area contributed by atoms with Crippen LogP contribution in [-0.2, 0) is 21.2 Å². The second-order valence-corrected chi connectivity index (χ2v) is 8.10. The van der Waals surface area contributed by atoms with Crippen molar-refractivity contribution in [2.45, 2.75) is 24.7 Å². The van der Waals surface area contributed by atoms with Crippen LogP contribution in [0.5, 0.6) is 0 Å². The molecule has 2 aliphatic heterocycles. The Bertz CT molecular complexity index is 785. The highest BCUT2D eigenvalue weighted by molar-refractivity contribution is 7.89. The van der Waals surface area contributed by atoms with Gasteiger partial charge in [0.05, 0.1) is 11.3 Å². The maximum absolute atomic E-state index is 12.8. The normalized spacial score (nSPS) is 18.0. The molecule has 0 aromatic heterocycles. The molecule has 2 heterocycles. The monoisotopic (exact) mass is 366 g/mol. The summed E-state index contributed by atoms with van der Waals surface area (Å²) in [4.78, 5) is 25.2. The zero-order valence-electron chi connectivity index (χ0n) is 14.1. The fourth-order valence-corrected chi connectivity index (χ4v) is 4.46. The van der Waals surface area contributed by atoms with E-state index in [1.54, 1.807) is 17.0 Å². The summed E-state index contributed by atoms with van der Waals surface area (Å²) < 4.78 is 27.0. The van der Waals surface area contributed by atoms with E-state index >= 15 is 0 Å². The third kappa shape index (κ3) is 3.62. The van der Waals surface area contributed by atoms with Crippen molar-refractivity contribution in [3.05, 3.63) is 23.8 Å². The Morgan fingerprint density at radius 3 is 2.64 bits per heavy atom. The lowest BCUT2D eigenvalue weighted by Gasteiger charge is -2.34. The molecule has 0 atom stereocenters. The minimum atomic E-state index is -3.63. The van der Waals surface area contributed by atoms with Gasteiger partial charge < -0.3 is 15.5 Å². The van der Waals surface area contributed by atoms with Crippen LogP contribution in [0.3, 0.4) is 0 Å². The molecule has 3 amide bonds. The summed E-state index contributed by atoms with van der Waals surface area (Å²) in [7, 11) is -3.63. The van der Waals surface area contributed by atoms with E-state index in [9.17, 15) is 18.0 Å². The molecule has 2 N–H and O–H groups in total. The summed E-state index contributed by atoms with van der Waals surface area (Å²) in [5, 5.41) is 5.49. The van der Waals surface area contributed by atoms with Crippen molar-refractivity contribution in [3.63, 3.8) is 0 Å². The van der Waals surface area contributed by atoms with Crippen LogP contribution >= 0.6 is 0 Å². The number of nitrogens with one attached hydrogen (secondary N) is 2. The van der Waals surface area contributed by atoms with Crippen LogP contribution in [0.15, 0.2) is 23.1 Å². The summed E-state index contributed by atoms with van der Waals surface area (Å²) in [5.41, 5.74) is 1.37. The van der Waals surface area contributed by atoms with Crippen LogP contribution in [0, 0.1) is 0 Å². The van der Waals surface area contributed by atoms with Gasteiger partial charge in [0, 0.05) is 38.4 Å². The van der Waals surface area contributed by atoms with Gasteiger partial charge >= 0.3 is 6.03 Å². The molecule has 0 radical (unpaired) electrons.